The highest BCUT2D eigenvalue weighted by atomic mass is 32.2. The number of aryl methyl sites for hydroxylation is 1. The first-order chi connectivity index (χ1) is 12.8. The summed E-state index contributed by atoms with van der Waals surface area (Å²) >= 11 is 0. The molecule has 3 N–H and O–H groups in total. The summed E-state index contributed by atoms with van der Waals surface area (Å²) in [5, 5.41) is 5.25. The smallest absolute Gasteiger partial charge is 0.251 e. The maximum atomic E-state index is 12.0. The minimum Gasteiger partial charge on any atom is -0.350 e. The minimum atomic E-state index is -3.41. The highest BCUT2D eigenvalue weighted by molar-refractivity contribution is 7.88. The number of sulfonamides is 1. The molecule has 2 aromatic carbocycles. The molecule has 0 aliphatic rings. The van der Waals surface area contributed by atoms with E-state index < -0.39 is 10.0 Å². The van der Waals surface area contributed by atoms with Crippen LogP contribution in [0.4, 0.5) is 0 Å². The van der Waals surface area contributed by atoms with Crippen LogP contribution in [0.3, 0.4) is 0 Å². The lowest BCUT2D eigenvalue weighted by Crippen LogP contribution is -2.36. The Labute approximate surface area is 159 Å². The summed E-state index contributed by atoms with van der Waals surface area (Å²) in [6.45, 7) is 1.94. The van der Waals surface area contributed by atoms with Crippen molar-refractivity contribution in [2.75, 3.05) is 13.6 Å². The molecule has 144 valence electrons. The van der Waals surface area contributed by atoms with Crippen molar-refractivity contribution in [1.82, 2.24) is 15.4 Å². The molecule has 0 fully saturated rings. The van der Waals surface area contributed by atoms with Crippen molar-refractivity contribution in [1.29, 1.82) is 0 Å². The largest absolute Gasteiger partial charge is 0.350 e. The number of rotatable bonds is 8. The number of hydrogen-bond acceptors (Lipinski definition) is 4. The van der Waals surface area contributed by atoms with Gasteiger partial charge in [0.15, 0.2) is 0 Å². The summed E-state index contributed by atoms with van der Waals surface area (Å²) in [5.41, 5.74) is 2.84. The van der Waals surface area contributed by atoms with Gasteiger partial charge in [-0.25, -0.2) is 13.1 Å². The standard InChI is InChI=1S/C19H23N3O4S/c1-14-7-9-15(10-8-14)19(24)22-12-18(23)21-11-16-5-3-4-6-17(16)13-27(25,26)20-2/h3-10,20H,11-13H2,1-2H3,(H,21,23)(H,22,24). The molecule has 2 aromatic rings. The number of nitrogens with one attached hydrogen (secondary N) is 3. The third-order valence-corrected chi connectivity index (χ3v) is 5.29. The summed E-state index contributed by atoms with van der Waals surface area (Å²) in [6, 6.07) is 14.0. The third kappa shape index (κ3) is 6.50. The predicted molar refractivity (Wildman–Crippen MR) is 103 cm³/mol. The molecule has 0 atom stereocenters. The van der Waals surface area contributed by atoms with E-state index in [1.807, 2.05) is 19.1 Å². The second kappa shape index (κ2) is 9.29. The lowest BCUT2D eigenvalue weighted by molar-refractivity contribution is -0.120. The third-order valence-electron chi connectivity index (χ3n) is 3.97. The molecule has 0 saturated heterocycles. The van der Waals surface area contributed by atoms with Gasteiger partial charge in [-0.2, -0.15) is 0 Å². The van der Waals surface area contributed by atoms with E-state index in [-0.39, 0.29) is 30.7 Å². The molecular formula is C19H23N3O4S. The quantitative estimate of drug-likeness (QED) is 0.629. The van der Waals surface area contributed by atoms with E-state index in [1.165, 1.54) is 7.05 Å². The first-order valence-corrected chi connectivity index (χ1v) is 10.1. The molecule has 0 aliphatic heterocycles. The fourth-order valence-electron chi connectivity index (χ4n) is 2.37. The lowest BCUT2D eigenvalue weighted by atomic mass is 10.1. The maximum Gasteiger partial charge on any atom is 0.251 e. The molecular weight excluding hydrogens is 366 g/mol. The van der Waals surface area contributed by atoms with Crippen LogP contribution < -0.4 is 15.4 Å². The second-order valence-electron chi connectivity index (χ2n) is 6.06. The van der Waals surface area contributed by atoms with E-state index >= 15 is 0 Å². The molecule has 0 saturated carbocycles. The Kier molecular flexibility index (Phi) is 7.09. The predicted octanol–water partition coefficient (Wildman–Crippen LogP) is 1.09. The van der Waals surface area contributed by atoms with Crippen LogP contribution in [0.15, 0.2) is 48.5 Å². The van der Waals surface area contributed by atoms with Crippen LogP contribution in [0.2, 0.25) is 0 Å². The number of benzene rings is 2. The van der Waals surface area contributed by atoms with Crippen LogP contribution in [0, 0.1) is 6.92 Å². The van der Waals surface area contributed by atoms with Crippen molar-refractivity contribution in [3.05, 3.63) is 70.8 Å². The normalized spacial score (nSPS) is 11.0. The van der Waals surface area contributed by atoms with Gasteiger partial charge in [0.05, 0.1) is 12.3 Å². The summed E-state index contributed by atoms with van der Waals surface area (Å²) in [7, 11) is -2.05. The first-order valence-electron chi connectivity index (χ1n) is 8.40. The van der Waals surface area contributed by atoms with Gasteiger partial charge in [0.25, 0.3) is 5.91 Å². The molecule has 0 aromatic heterocycles. The molecule has 0 spiro atoms. The van der Waals surface area contributed by atoms with Gasteiger partial charge in [0.1, 0.15) is 0 Å². The van der Waals surface area contributed by atoms with Gasteiger partial charge in [-0.05, 0) is 37.2 Å². The zero-order valence-corrected chi connectivity index (χ0v) is 16.1. The van der Waals surface area contributed by atoms with Crippen LogP contribution in [-0.2, 0) is 27.1 Å². The van der Waals surface area contributed by atoms with Gasteiger partial charge in [0, 0.05) is 12.1 Å². The Morgan fingerprint density at radius 1 is 0.926 bits per heavy atom. The summed E-state index contributed by atoms with van der Waals surface area (Å²) in [6.07, 6.45) is 0. The van der Waals surface area contributed by atoms with Crippen molar-refractivity contribution in [3.63, 3.8) is 0 Å². The van der Waals surface area contributed by atoms with Crippen LogP contribution in [0.1, 0.15) is 27.0 Å². The minimum absolute atomic E-state index is 0.163. The Balaban J connectivity index is 1.89. The molecule has 8 heteroatoms. The Morgan fingerprint density at radius 3 is 2.19 bits per heavy atom. The van der Waals surface area contributed by atoms with Crippen LogP contribution in [0.25, 0.3) is 0 Å². The number of carbonyl (C=O) groups excluding carboxylic acids is 2. The summed E-state index contributed by atoms with van der Waals surface area (Å²) in [5.74, 6) is -0.855. The molecule has 0 radical (unpaired) electrons. The van der Waals surface area contributed by atoms with E-state index in [2.05, 4.69) is 15.4 Å². The van der Waals surface area contributed by atoms with Gasteiger partial charge in [-0.1, -0.05) is 42.0 Å². The van der Waals surface area contributed by atoms with Gasteiger partial charge >= 0.3 is 0 Å². The van der Waals surface area contributed by atoms with Gasteiger partial charge < -0.3 is 10.6 Å². The highest BCUT2D eigenvalue weighted by Crippen LogP contribution is 2.12. The van der Waals surface area contributed by atoms with E-state index in [1.54, 1.807) is 36.4 Å². The highest BCUT2D eigenvalue weighted by Gasteiger charge is 2.13. The zero-order valence-electron chi connectivity index (χ0n) is 15.3. The lowest BCUT2D eigenvalue weighted by Gasteiger charge is -2.11. The van der Waals surface area contributed by atoms with Crippen LogP contribution in [0.5, 0.6) is 0 Å². The van der Waals surface area contributed by atoms with E-state index in [9.17, 15) is 18.0 Å². The van der Waals surface area contributed by atoms with Crippen molar-refractivity contribution in [3.8, 4) is 0 Å². The Hall–Kier alpha value is -2.71. The maximum absolute atomic E-state index is 12.0. The summed E-state index contributed by atoms with van der Waals surface area (Å²) < 4.78 is 25.8. The molecule has 0 bridgehead atoms. The molecule has 7 nitrogen and oxygen atoms in total. The van der Waals surface area contributed by atoms with Crippen molar-refractivity contribution >= 4 is 21.8 Å². The Morgan fingerprint density at radius 2 is 1.56 bits per heavy atom. The fraction of sp³-hybridized carbons (Fsp3) is 0.263. The average molecular weight is 389 g/mol. The van der Waals surface area contributed by atoms with Crippen molar-refractivity contribution in [2.24, 2.45) is 0 Å². The number of hydrogen-bond donors (Lipinski definition) is 3. The van der Waals surface area contributed by atoms with Gasteiger partial charge in [-0.3, -0.25) is 9.59 Å². The SMILES string of the molecule is CNS(=O)(=O)Cc1ccccc1CNC(=O)CNC(=O)c1ccc(C)cc1. The Bertz CT molecular complexity index is 909. The molecule has 27 heavy (non-hydrogen) atoms. The van der Waals surface area contributed by atoms with E-state index in [0.29, 0.717) is 16.7 Å². The van der Waals surface area contributed by atoms with E-state index in [0.717, 1.165) is 5.56 Å². The molecule has 0 heterocycles. The average Bonchev–Trinajstić information content (AvgIpc) is 2.65. The fourth-order valence-corrected chi connectivity index (χ4v) is 3.21. The zero-order chi connectivity index (χ0) is 19.9. The molecule has 2 rings (SSSR count). The number of carbonyl (C=O) groups is 2. The monoisotopic (exact) mass is 389 g/mol. The molecule has 0 aliphatic carbocycles. The van der Waals surface area contributed by atoms with Crippen LogP contribution >= 0.6 is 0 Å². The van der Waals surface area contributed by atoms with E-state index in [4.69, 9.17) is 0 Å². The second-order valence-corrected chi connectivity index (χ2v) is 7.98. The molecule has 2 amide bonds. The number of amides is 2. The summed E-state index contributed by atoms with van der Waals surface area (Å²) in [4.78, 5) is 24.0. The first kappa shape index (κ1) is 20.6. The molecule has 0 unspecified atom stereocenters. The van der Waals surface area contributed by atoms with Crippen molar-refractivity contribution in [2.45, 2.75) is 19.2 Å². The van der Waals surface area contributed by atoms with Crippen LogP contribution in [-0.4, -0.2) is 33.8 Å². The van der Waals surface area contributed by atoms with Gasteiger partial charge in [0.2, 0.25) is 15.9 Å². The van der Waals surface area contributed by atoms with Crippen molar-refractivity contribution < 1.29 is 18.0 Å². The topological polar surface area (TPSA) is 104 Å². The van der Waals surface area contributed by atoms with Gasteiger partial charge in [-0.15, -0.1) is 0 Å².